The van der Waals surface area contributed by atoms with Gasteiger partial charge in [0.1, 0.15) is 12.4 Å². The minimum absolute atomic E-state index is 0.0744. The molecule has 0 atom stereocenters. The molecule has 1 aromatic heterocycles. The lowest BCUT2D eigenvalue weighted by Gasteiger charge is -2.38. The molecule has 1 fully saturated rings. The third kappa shape index (κ3) is 5.18. The van der Waals surface area contributed by atoms with E-state index < -0.39 is 36.3 Å². The van der Waals surface area contributed by atoms with E-state index in [9.17, 15) is 22.8 Å². The van der Waals surface area contributed by atoms with Gasteiger partial charge in [-0.1, -0.05) is 43.5 Å². The number of amides is 1. The highest BCUT2D eigenvalue weighted by molar-refractivity contribution is 6.30. The maximum Gasteiger partial charge on any atom is 0.282 e. The van der Waals surface area contributed by atoms with Gasteiger partial charge in [0, 0.05) is 0 Å². The highest BCUT2D eigenvalue weighted by atomic mass is 35.5. The van der Waals surface area contributed by atoms with Crippen LogP contribution in [0.5, 0.6) is 0 Å². The van der Waals surface area contributed by atoms with Crippen LogP contribution in [-0.4, -0.2) is 39.4 Å². The molecule has 166 valence electrons. The molecule has 0 unspecified atom stereocenters. The molecule has 2 aromatic rings. The summed E-state index contributed by atoms with van der Waals surface area (Å²) in [7, 11) is 0. The number of halogens is 4. The summed E-state index contributed by atoms with van der Waals surface area (Å²) in [5.41, 5.74) is 1.32. The molecule has 31 heavy (non-hydrogen) atoms. The number of benzene rings is 1. The van der Waals surface area contributed by atoms with E-state index in [2.05, 4.69) is 4.98 Å². The molecule has 1 amide bonds. The highest BCUT2D eigenvalue weighted by Crippen LogP contribution is 2.28. The molecule has 0 spiro atoms. The number of nitrogens with zero attached hydrogens (tertiary/aromatic N) is 3. The molecule has 1 aliphatic heterocycles. The van der Waals surface area contributed by atoms with Crippen molar-refractivity contribution in [2.24, 2.45) is 0 Å². The molecule has 5 nitrogen and oxygen atoms in total. The SMILES string of the molecule is CCCC/C=C(/c1ccc(F)c(Cl)c1)c1c(C)ncn(CC(=O)N2CC(F)(F)C2)c1=O. The van der Waals surface area contributed by atoms with Crippen LogP contribution in [0.15, 0.2) is 35.4 Å². The van der Waals surface area contributed by atoms with Crippen molar-refractivity contribution >= 4 is 23.1 Å². The van der Waals surface area contributed by atoms with Crippen molar-refractivity contribution in [3.63, 3.8) is 0 Å². The first-order valence-corrected chi connectivity index (χ1v) is 10.4. The quantitative estimate of drug-likeness (QED) is 0.582. The summed E-state index contributed by atoms with van der Waals surface area (Å²) >= 11 is 5.95. The molecule has 1 aliphatic rings. The second kappa shape index (κ2) is 9.26. The van der Waals surface area contributed by atoms with Gasteiger partial charge in [-0.25, -0.2) is 18.2 Å². The summed E-state index contributed by atoms with van der Waals surface area (Å²) in [5, 5.41) is -0.0744. The molecule has 0 N–H and O–H groups in total. The van der Waals surface area contributed by atoms with Gasteiger partial charge >= 0.3 is 0 Å². The summed E-state index contributed by atoms with van der Waals surface area (Å²) < 4.78 is 40.9. The van der Waals surface area contributed by atoms with Crippen LogP contribution in [0.2, 0.25) is 5.02 Å². The van der Waals surface area contributed by atoms with E-state index in [1.54, 1.807) is 6.92 Å². The number of hydrogen-bond donors (Lipinski definition) is 0. The number of carbonyl (C=O) groups is 1. The van der Waals surface area contributed by atoms with Crippen molar-refractivity contribution in [3.8, 4) is 0 Å². The average Bonchev–Trinajstić information content (AvgIpc) is 2.69. The van der Waals surface area contributed by atoms with Crippen molar-refractivity contribution in [1.82, 2.24) is 14.5 Å². The van der Waals surface area contributed by atoms with Gasteiger partial charge in [-0.05, 0) is 36.6 Å². The molecular weight excluding hydrogens is 431 g/mol. The van der Waals surface area contributed by atoms with Gasteiger partial charge in [-0.15, -0.1) is 0 Å². The molecular formula is C22H23ClF3N3O2. The fourth-order valence-corrected chi connectivity index (χ4v) is 3.59. The summed E-state index contributed by atoms with van der Waals surface area (Å²) in [5.74, 6) is -4.03. The number of likely N-dealkylation sites (tertiary alicyclic amines) is 1. The molecule has 3 rings (SSSR count). The Kier molecular flexibility index (Phi) is 6.89. The van der Waals surface area contributed by atoms with Crippen LogP contribution in [0.3, 0.4) is 0 Å². The van der Waals surface area contributed by atoms with Crippen LogP contribution < -0.4 is 5.56 Å². The van der Waals surface area contributed by atoms with Crippen molar-refractivity contribution in [1.29, 1.82) is 0 Å². The Morgan fingerprint density at radius 3 is 2.65 bits per heavy atom. The molecule has 0 saturated carbocycles. The average molecular weight is 454 g/mol. The number of aromatic nitrogens is 2. The maximum atomic E-state index is 13.7. The molecule has 1 aromatic carbocycles. The van der Waals surface area contributed by atoms with Crippen molar-refractivity contribution in [2.75, 3.05) is 13.1 Å². The van der Waals surface area contributed by atoms with Crippen LogP contribution >= 0.6 is 11.6 Å². The smallest absolute Gasteiger partial charge is 0.282 e. The van der Waals surface area contributed by atoms with Crippen LogP contribution in [0.1, 0.15) is 43.0 Å². The van der Waals surface area contributed by atoms with Crippen LogP contribution in [-0.2, 0) is 11.3 Å². The van der Waals surface area contributed by atoms with Crippen molar-refractivity contribution in [2.45, 2.75) is 45.6 Å². The van der Waals surface area contributed by atoms with Gasteiger partial charge in [0.25, 0.3) is 11.5 Å². The Hall–Kier alpha value is -2.61. The number of aryl methyl sites for hydroxylation is 1. The fraction of sp³-hybridized carbons (Fsp3) is 0.409. The third-order valence-corrected chi connectivity index (χ3v) is 5.43. The Balaban J connectivity index is 1.99. The zero-order valence-electron chi connectivity index (χ0n) is 17.3. The van der Waals surface area contributed by atoms with Gasteiger partial charge in [-0.3, -0.25) is 14.2 Å². The molecule has 1 saturated heterocycles. The Labute approximate surface area is 183 Å². The molecule has 2 heterocycles. The topological polar surface area (TPSA) is 55.2 Å². The summed E-state index contributed by atoms with van der Waals surface area (Å²) in [4.78, 5) is 30.8. The number of alkyl halides is 2. The lowest BCUT2D eigenvalue weighted by Crippen LogP contribution is -2.59. The second-order valence-corrected chi connectivity index (χ2v) is 8.04. The zero-order valence-corrected chi connectivity index (χ0v) is 18.1. The van der Waals surface area contributed by atoms with E-state index in [1.165, 1.54) is 24.5 Å². The number of rotatable bonds is 7. The normalized spacial score (nSPS) is 15.7. The number of hydrogen-bond acceptors (Lipinski definition) is 3. The first-order valence-electron chi connectivity index (χ1n) is 10.0. The largest absolute Gasteiger partial charge is 0.329 e. The van der Waals surface area contributed by atoms with Gasteiger partial charge in [0.05, 0.1) is 35.7 Å². The summed E-state index contributed by atoms with van der Waals surface area (Å²) in [6.45, 7) is 2.01. The van der Waals surface area contributed by atoms with E-state index in [1.807, 2.05) is 13.0 Å². The van der Waals surface area contributed by atoms with E-state index in [0.29, 0.717) is 23.3 Å². The Morgan fingerprint density at radius 2 is 2.03 bits per heavy atom. The van der Waals surface area contributed by atoms with Crippen LogP contribution in [0.25, 0.3) is 5.57 Å². The lowest BCUT2D eigenvalue weighted by molar-refractivity contribution is -0.166. The first-order chi connectivity index (χ1) is 14.6. The van der Waals surface area contributed by atoms with Crippen molar-refractivity contribution < 1.29 is 18.0 Å². The fourth-order valence-electron chi connectivity index (χ4n) is 3.41. The van der Waals surface area contributed by atoms with Gasteiger partial charge in [0.15, 0.2) is 0 Å². The second-order valence-electron chi connectivity index (χ2n) is 7.63. The minimum atomic E-state index is -2.88. The van der Waals surface area contributed by atoms with Crippen LogP contribution in [0.4, 0.5) is 13.2 Å². The number of unbranched alkanes of at least 4 members (excludes halogenated alkanes) is 2. The lowest BCUT2D eigenvalue weighted by atomic mass is 9.96. The first kappa shape index (κ1) is 23.1. The maximum absolute atomic E-state index is 13.7. The predicted octanol–water partition coefficient (Wildman–Crippen LogP) is 4.44. The third-order valence-electron chi connectivity index (χ3n) is 5.14. The predicted molar refractivity (Wildman–Crippen MR) is 113 cm³/mol. The highest BCUT2D eigenvalue weighted by Gasteiger charge is 2.46. The molecule has 0 aliphatic carbocycles. The Bertz CT molecular complexity index is 1070. The minimum Gasteiger partial charge on any atom is -0.329 e. The summed E-state index contributed by atoms with van der Waals surface area (Å²) in [6, 6.07) is 4.20. The summed E-state index contributed by atoms with van der Waals surface area (Å²) in [6.07, 6.45) is 5.61. The monoisotopic (exact) mass is 453 g/mol. The standard InChI is InChI=1S/C22H23ClF3N3O2/c1-3-4-5-6-16(15-7-8-18(24)17(23)9-15)20-14(2)27-13-28(21(20)31)10-19(30)29-11-22(25,26)12-29/h6-9,13H,3-5,10-12H2,1-2H3/b16-6-. The molecule has 9 heteroatoms. The van der Waals surface area contributed by atoms with Gasteiger partial charge in [-0.2, -0.15) is 0 Å². The van der Waals surface area contributed by atoms with E-state index in [4.69, 9.17) is 11.6 Å². The van der Waals surface area contributed by atoms with Gasteiger partial charge < -0.3 is 4.90 Å². The van der Waals surface area contributed by atoms with Crippen molar-refractivity contribution in [3.05, 3.63) is 68.6 Å². The van der Waals surface area contributed by atoms with E-state index in [-0.39, 0.29) is 17.1 Å². The number of carbonyl (C=O) groups excluding carboxylic acids is 1. The zero-order chi connectivity index (χ0) is 22.8. The van der Waals surface area contributed by atoms with E-state index in [0.717, 1.165) is 22.3 Å². The molecule has 0 radical (unpaired) electrons. The van der Waals surface area contributed by atoms with Crippen LogP contribution in [0, 0.1) is 12.7 Å². The molecule has 0 bridgehead atoms. The van der Waals surface area contributed by atoms with E-state index >= 15 is 0 Å². The Morgan fingerprint density at radius 1 is 1.32 bits per heavy atom. The number of allylic oxidation sites excluding steroid dienone is 1. The van der Waals surface area contributed by atoms with Gasteiger partial charge in [0.2, 0.25) is 5.91 Å².